The molecule has 32 heavy (non-hydrogen) atoms. The number of nitrogens with zero attached hydrogens (tertiary/aromatic N) is 4. The van der Waals surface area contributed by atoms with Gasteiger partial charge < -0.3 is 10.0 Å². The second kappa shape index (κ2) is 8.85. The molecule has 0 unspecified atom stereocenters. The number of carbonyl (C=O) groups is 2. The van der Waals surface area contributed by atoms with Crippen LogP contribution in [-0.2, 0) is 9.59 Å². The van der Waals surface area contributed by atoms with Crippen LogP contribution in [0.1, 0.15) is 5.56 Å². The number of hydrogen-bond acceptors (Lipinski definition) is 7. The van der Waals surface area contributed by atoms with E-state index < -0.39 is 22.6 Å². The van der Waals surface area contributed by atoms with Crippen molar-refractivity contribution in [3.63, 3.8) is 0 Å². The van der Waals surface area contributed by atoms with Gasteiger partial charge in [-0.05, 0) is 42.0 Å². The van der Waals surface area contributed by atoms with E-state index in [0.29, 0.717) is 38.3 Å². The van der Waals surface area contributed by atoms with Crippen molar-refractivity contribution in [1.82, 2.24) is 9.80 Å². The Bertz CT molecular complexity index is 1080. The SMILES string of the molecule is O=C1C(c2ccc([N+](=O)[O-])cc2)=C(N2CCN(CCO)CC2)C(=O)N1c1ccc(F)cc1. The first-order chi connectivity index (χ1) is 15.4. The van der Waals surface area contributed by atoms with Crippen molar-refractivity contribution in [1.29, 1.82) is 0 Å². The number of nitro groups is 1. The van der Waals surface area contributed by atoms with Crippen molar-refractivity contribution in [3.05, 3.63) is 75.7 Å². The Morgan fingerprint density at radius 2 is 1.56 bits per heavy atom. The second-order valence-electron chi connectivity index (χ2n) is 7.50. The van der Waals surface area contributed by atoms with E-state index in [2.05, 4.69) is 4.90 Å². The fraction of sp³-hybridized carbons (Fsp3) is 0.273. The molecule has 166 valence electrons. The molecule has 0 radical (unpaired) electrons. The van der Waals surface area contributed by atoms with Gasteiger partial charge in [0, 0.05) is 44.9 Å². The molecule has 2 heterocycles. The summed E-state index contributed by atoms with van der Waals surface area (Å²) < 4.78 is 13.4. The highest BCUT2D eigenvalue weighted by molar-refractivity contribution is 6.45. The predicted molar refractivity (Wildman–Crippen MR) is 114 cm³/mol. The number of non-ortho nitro benzene ring substituents is 1. The molecule has 2 aromatic carbocycles. The van der Waals surface area contributed by atoms with Crippen LogP contribution in [0.5, 0.6) is 0 Å². The first-order valence-electron chi connectivity index (χ1n) is 10.1. The Morgan fingerprint density at radius 1 is 0.938 bits per heavy atom. The fourth-order valence-electron chi connectivity index (χ4n) is 3.98. The maximum atomic E-state index is 13.4. The second-order valence-corrected chi connectivity index (χ2v) is 7.50. The number of nitro benzene ring substituents is 1. The van der Waals surface area contributed by atoms with Crippen LogP contribution < -0.4 is 4.90 Å². The number of rotatable bonds is 6. The van der Waals surface area contributed by atoms with Gasteiger partial charge in [-0.2, -0.15) is 0 Å². The van der Waals surface area contributed by atoms with Crippen molar-refractivity contribution < 1.29 is 24.0 Å². The summed E-state index contributed by atoms with van der Waals surface area (Å²) in [4.78, 5) is 42.2. The summed E-state index contributed by atoms with van der Waals surface area (Å²) in [5.41, 5.74) is 0.892. The van der Waals surface area contributed by atoms with Crippen molar-refractivity contribution >= 4 is 28.8 Å². The number of benzene rings is 2. The molecular formula is C22H21FN4O5. The number of anilines is 1. The Hall–Kier alpha value is -3.63. The number of aliphatic hydroxyl groups excluding tert-OH is 1. The maximum absolute atomic E-state index is 13.4. The summed E-state index contributed by atoms with van der Waals surface area (Å²) in [5, 5.41) is 20.2. The van der Waals surface area contributed by atoms with Gasteiger partial charge in [0.1, 0.15) is 11.5 Å². The smallest absolute Gasteiger partial charge is 0.282 e. The topological polar surface area (TPSA) is 107 Å². The molecule has 0 spiro atoms. The van der Waals surface area contributed by atoms with Crippen LogP contribution in [0.25, 0.3) is 5.57 Å². The molecule has 1 saturated heterocycles. The van der Waals surface area contributed by atoms with Crippen LogP contribution in [0.15, 0.2) is 54.2 Å². The molecule has 2 aliphatic heterocycles. The van der Waals surface area contributed by atoms with Gasteiger partial charge in [-0.3, -0.25) is 24.6 Å². The third kappa shape index (κ3) is 3.97. The van der Waals surface area contributed by atoms with E-state index >= 15 is 0 Å². The molecular weight excluding hydrogens is 419 g/mol. The quantitative estimate of drug-likeness (QED) is 0.413. The Balaban J connectivity index is 1.74. The third-order valence-electron chi connectivity index (χ3n) is 5.62. The third-order valence-corrected chi connectivity index (χ3v) is 5.62. The average molecular weight is 440 g/mol. The highest BCUT2D eigenvalue weighted by Crippen LogP contribution is 2.35. The van der Waals surface area contributed by atoms with Crippen LogP contribution in [0, 0.1) is 15.9 Å². The summed E-state index contributed by atoms with van der Waals surface area (Å²) in [5.74, 6) is -1.58. The monoisotopic (exact) mass is 440 g/mol. The number of imide groups is 1. The Kier molecular flexibility index (Phi) is 5.97. The van der Waals surface area contributed by atoms with Crippen LogP contribution in [0.2, 0.25) is 0 Å². The number of carbonyl (C=O) groups excluding carboxylic acids is 2. The minimum absolute atomic E-state index is 0.0342. The van der Waals surface area contributed by atoms with Gasteiger partial charge in [0.25, 0.3) is 17.5 Å². The zero-order valence-electron chi connectivity index (χ0n) is 17.1. The van der Waals surface area contributed by atoms with Gasteiger partial charge in [-0.15, -0.1) is 0 Å². The molecule has 2 amide bonds. The van der Waals surface area contributed by atoms with Crippen LogP contribution in [-0.4, -0.2) is 71.0 Å². The molecule has 9 nitrogen and oxygen atoms in total. The lowest BCUT2D eigenvalue weighted by Crippen LogP contribution is -2.48. The van der Waals surface area contributed by atoms with Gasteiger partial charge in [-0.1, -0.05) is 0 Å². The van der Waals surface area contributed by atoms with E-state index in [4.69, 9.17) is 5.11 Å². The Morgan fingerprint density at radius 3 is 2.12 bits per heavy atom. The van der Waals surface area contributed by atoms with Crippen molar-refractivity contribution in [2.45, 2.75) is 0 Å². The van der Waals surface area contributed by atoms with E-state index in [1.807, 2.05) is 4.90 Å². The summed E-state index contributed by atoms with van der Waals surface area (Å²) in [6.07, 6.45) is 0. The standard InChI is InChI=1S/C22H21FN4O5/c23-16-3-7-17(8-4-16)26-21(29)19(15-1-5-18(6-2-15)27(31)32)20(22(26)30)25-11-9-24(10-12-25)13-14-28/h1-8,28H,9-14H2. The highest BCUT2D eigenvalue weighted by atomic mass is 19.1. The number of amides is 2. The Labute approximate surface area is 183 Å². The molecule has 2 aromatic rings. The minimum atomic E-state index is -0.566. The van der Waals surface area contributed by atoms with Crippen molar-refractivity contribution in [3.8, 4) is 0 Å². The van der Waals surface area contributed by atoms with Crippen molar-refractivity contribution in [2.75, 3.05) is 44.2 Å². The van der Waals surface area contributed by atoms with E-state index in [1.165, 1.54) is 48.5 Å². The summed E-state index contributed by atoms with van der Waals surface area (Å²) in [7, 11) is 0. The first kappa shape index (κ1) is 21.6. The van der Waals surface area contributed by atoms with E-state index in [9.17, 15) is 24.1 Å². The maximum Gasteiger partial charge on any atom is 0.282 e. The lowest BCUT2D eigenvalue weighted by Gasteiger charge is -2.36. The molecule has 1 N–H and O–H groups in total. The molecule has 4 rings (SSSR count). The van der Waals surface area contributed by atoms with Gasteiger partial charge in [0.05, 0.1) is 22.8 Å². The molecule has 0 aromatic heterocycles. The number of halogens is 1. The lowest BCUT2D eigenvalue weighted by atomic mass is 10.0. The number of aliphatic hydroxyl groups is 1. The van der Waals surface area contributed by atoms with Crippen LogP contribution >= 0.6 is 0 Å². The van der Waals surface area contributed by atoms with Crippen molar-refractivity contribution in [2.24, 2.45) is 0 Å². The molecule has 0 atom stereocenters. The van der Waals surface area contributed by atoms with Crippen LogP contribution in [0.4, 0.5) is 15.8 Å². The van der Waals surface area contributed by atoms with Gasteiger partial charge in [-0.25, -0.2) is 9.29 Å². The highest BCUT2D eigenvalue weighted by Gasteiger charge is 2.43. The predicted octanol–water partition coefficient (Wildman–Crippen LogP) is 1.63. The van der Waals surface area contributed by atoms with Gasteiger partial charge in [0.2, 0.25) is 0 Å². The summed E-state index contributed by atoms with van der Waals surface area (Å²) in [6, 6.07) is 10.6. The lowest BCUT2D eigenvalue weighted by molar-refractivity contribution is -0.384. The molecule has 0 bridgehead atoms. The first-order valence-corrected chi connectivity index (χ1v) is 10.1. The molecule has 1 fully saturated rings. The minimum Gasteiger partial charge on any atom is -0.395 e. The van der Waals surface area contributed by atoms with Gasteiger partial charge in [0.15, 0.2) is 0 Å². The molecule has 0 saturated carbocycles. The zero-order valence-corrected chi connectivity index (χ0v) is 17.1. The average Bonchev–Trinajstić information content (AvgIpc) is 3.05. The largest absolute Gasteiger partial charge is 0.395 e. The van der Waals surface area contributed by atoms with E-state index in [1.54, 1.807) is 0 Å². The number of hydrogen-bond donors (Lipinski definition) is 1. The molecule has 2 aliphatic rings. The van der Waals surface area contributed by atoms with Gasteiger partial charge >= 0.3 is 0 Å². The summed E-state index contributed by atoms with van der Waals surface area (Å²) >= 11 is 0. The zero-order chi connectivity index (χ0) is 22.8. The number of piperazine rings is 1. The van der Waals surface area contributed by atoms with Crippen LogP contribution in [0.3, 0.4) is 0 Å². The normalized spacial score (nSPS) is 17.4. The van der Waals surface area contributed by atoms with E-state index in [0.717, 1.165) is 4.90 Å². The number of β-amino-alcohol motifs (C(OH)–C–C–N with tert-alkyl or cyclic N) is 1. The fourth-order valence-corrected chi connectivity index (χ4v) is 3.98. The van der Waals surface area contributed by atoms with E-state index in [-0.39, 0.29) is 29.3 Å². The molecule has 10 heteroatoms. The molecule has 0 aliphatic carbocycles. The summed E-state index contributed by atoms with van der Waals surface area (Å²) in [6.45, 7) is 2.72.